The van der Waals surface area contributed by atoms with Crippen LogP contribution in [-0.4, -0.2) is 36.1 Å². The van der Waals surface area contributed by atoms with Crippen LogP contribution in [0.3, 0.4) is 0 Å². The fraction of sp³-hybridized carbons (Fsp3) is 0.818. The third kappa shape index (κ3) is 4.22. The van der Waals surface area contributed by atoms with Crippen molar-refractivity contribution in [1.29, 1.82) is 0 Å². The van der Waals surface area contributed by atoms with Gasteiger partial charge in [0.25, 0.3) is 5.19 Å². The molecule has 0 bridgehead atoms. The summed E-state index contributed by atoms with van der Waals surface area (Å²) in [7, 11) is 0. The molecule has 0 aliphatic carbocycles. The van der Waals surface area contributed by atoms with Gasteiger partial charge < -0.3 is 14.8 Å². The van der Waals surface area contributed by atoms with Crippen LogP contribution < -0.4 is 10.1 Å². The molecule has 2 rings (SSSR count). The minimum Gasteiger partial charge on any atom is -0.466 e. The van der Waals surface area contributed by atoms with E-state index < -0.39 is 0 Å². The van der Waals surface area contributed by atoms with E-state index in [-0.39, 0.29) is 6.10 Å². The van der Waals surface area contributed by atoms with Gasteiger partial charge in [0.2, 0.25) is 0 Å². The number of ether oxygens (including phenoxy) is 2. The highest BCUT2D eigenvalue weighted by Crippen LogP contribution is 2.19. The molecule has 0 saturated carbocycles. The Morgan fingerprint density at radius 2 is 2.47 bits per heavy atom. The van der Waals surface area contributed by atoms with Gasteiger partial charge in [-0.15, -0.1) is 10.2 Å². The van der Waals surface area contributed by atoms with Gasteiger partial charge in [-0.25, -0.2) is 0 Å². The molecule has 96 valence electrons. The first-order chi connectivity index (χ1) is 8.38. The van der Waals surface area contributed by atoms with Crippen molar-refractivity contribution in [3.63, 3.8) is 0 Å². The summed E-state index contributed by atoms with van der Waals surface area (Å²) in [6, 6.07) is 0. The second-order valence-corrected chi connectivity index (χ2v) is 5.11. The summed E-state index contributed by atoms with van der Waals surface area (Å²) in [6.07, 6.45) is 3.59. The van der Waals surface area contributed by atoms with E-state index in [0.29, 0.717) is 11.8 Å². The second-order valence-electron chi connectivity index (χ2n) is 4.08. The Balaban J connectivity index is 1.69. The monoisotopic (exact) mass is 257 g/mol. The fourth-order valence-corrected chi connectivity index (χ4v) is 2.35. The van der Waals surface area contributed by atoms with E-state index in [0.717, 1.165) is 44.0 Å². The van der Waals surface area contributed by atoms with Crippen molar-refractivity contribution < 1.29 is 9.47 Å². The standard InChI is InChI=1S/C11H19N3O2S/c1-2-5-12-7-10-13-14-11(17-10)16-8-9-4-3-6-15-9/h9,12H,2-8H2,1H3. The molecular formula is C11H19N3O2S. The fourth-order valence-electron chi connectivity index (χ4n) is 1.68. The highest BCUT2D eigenvalue weighted by atomic mass is 32.1. The Morgan fingerprint density at radius 1 is 1.53 bits per heavy atom. The van der Waals surface area contributed by atoms with Gasteiger partial charge in [-0.05, 0) is 25.8 Å². The molecule has 1 atom stereocenters. The minimum atomic E-state index is 0.237. The first-order valence-electron chi connectivity index (χ1n) is 6.16. The van der Waals surface area contributed by atoms with Crippen LogP contribution in [0.25, 0.3) is 0 Å². The Morgan fingerprint density at radius 3 is 3.24 bits per heavy atom. The van der Waals surface area contributed by atoms with E-state index >= 15 is 0 Å². The van der Waals surface area contributed by atoms with Crippen molar-refractivity contribution >= 4 is 11.3 Å². The molecule has 1 aliphatic heterocycles. The van der Waals surface area contributed by atoms with Crippen molar-refractivity contribution in [3.05, 3.63) is 5.01 Å². The quantitative estimate of drug-likeness (QED) is 0.752. The van der Waals surface area contributed by atoms with Crippen LogP contribution in [0.1, 0.15) is 31.2 Å². The predicted octanol–water partition coefficient (Wildman–Crippen LogP) is 1.60. The zero-order valence-corrected chi connectivity index (χ0v) is 11.0. The van der Waals surface area contributed by atoms with E-state index in [1.165, 1.54) is 11.3 Å². The lowest BCUT2D eigenvalue weighted by molar-refractivity contribution is 0.0676. The lowest BCUT2D eigenvalue weighted by atomic mass is 10.2. The molecule has 0 aromatic carbocycles. The average molecular weight is 257 g/mol. The molecule has 17 heavy (non-hydrogen) atoms. The van der Waals surface area contributed by atoms with E-state index in [4.69, 9.17) is 9.47 Å². The number of nitrogens with zero attached hydrogens (tertiary/aromatic N) is 2. The van der Waals surface area contributed by atoms with Gasteiger partial charge in [-0.2, -0.15) is 0 Å². The van der Waals surface area contributed by atoms with Crippen molar-refractivity contribution in [2.75, 3.05) is 19.8 Å². The molecule has 0 spiro atoms. The van der Waals surface area contributed by atoms with Gasteiger partial charge >= 0.3 is 0 Å². The molecule has 1 saturated heterocycles. The van der Waals surface area contributed by atoms with Gasteiger partial charge in [0, 0.05) is 13.2 Å². The molecule has 1 unspecified atom stereocenters. The Hall–Kier alpha value is -0.720. The Bertz CT molecular complexity index is 326. The zero-order chi connectivity index (χ0) is 11.9. The van der Waals surface area contributed by atoms with Crippen LogP contribution in [0.15, 0.2) is 0 Å². The first-order valence-corrected chi connectivity index (χ1v) is 6.97. The lowest BCUT2D eigenvalue weighted by Gasteiger charge is -2.07. The van der Waals surface area contributed by atoms with Crippen molar-refractivity contribution in [2.45, 2.75) is 38.8 Å². The van der Waals surface area contributed by atoms with Crippen molar-refractivity contribution in [2.24, 2.45) is 0 Å². The topological polar surface area (TPSA) is 56.3 Å². The van der Waals surface area contributed by atoms with Crippen LogP contribution in [-0.2, 0) is 11.3 Å². The Kier molecular flexibility index (Phi) is 5.15. The number of rotatable bonds is 7. The molecule has 5 nitrogen and oxygen atoms in total. The van der Waals surface area contributed by atoms with Crippen LogP contribution in [0, 0.1) is 0 Å². The summed E-state index contributed by atoms with van der Waals surface area (Å²) in [5.74, 6) is 0. The molecule has 0 radical (unpaired) electrons. The molecule has 1 fully saturated rings. The van der Waals surface area contributed by atoms with Crippen molar-refractivity contribution in [1.82, 2.24) is 15.5 Å². The third-order valence-electron chi connectivity index (χ3n) is 2.57. The van der Waals surface area contributed by atoms with Crippen LogP contribution in [0.2, 0.25) is 0 Å². The van der Waals surface area contributed by atoms with E-state index in [2.05, 4.69) is 22.4 Å². The lowest BCUT2D eigenvalue weighted by Crippen LogP contribution is -2.16. The van der Waals surface area contributed by atoms with Crippen molar-refractivity contribution in [3.8, 4) is 5.19 Å². The third-order valence-corrected chi connectivity index (χ3v) is 3.40. The molecule has 2 heterocycles. The highest BCUT2D eigenvalue weighted by Gasteiger charge is 2.17. The maximum Gasteiger partial charge on any atom is 0.294 e. The molecule has 1 aliphatic rings. The second kappa shape index (κ2) is 6.88. The van der Waals surface area contributed by atoms with Crippen LogP contribution >= 0.6 is 11.3 Å². The zero-order valence-electron chi connectivity index (χ0n) is 10.1. The summed E-state index contributed by atoms with van der Waals surface area (Å²) in [5, 5.41) is 13.0. The normalized spacial score (nSPS) is 19.7. The molecular weight excluding hydrogens is 238 g/mol. The number of hydrogen-bond acceptors (Lipinski definition) is 6. The molecule has 1 aromatic heterocycles. The maximum atomic E-state index is 5.57. The first kappa shape index (κ1) is 12.7. The average Bonchev–Trinajstić information content (AvgIpc) is 2.98. The van der Waals surface area contributed by atoms with Crippen LogP contribution in [0.4, 0.5) is 0 Å². The number of hydrogen-bond donors (Lipinski definition) is 1. The maximum absolute atomic E-state index is 5.57. The summed E-state index contributed by atoms with van der Waals surface area (Å²) >= 11 is 1.50. The van der Waals surface area contributed by atoms with Gasteiger partial charge in [0.15, 0.2) is 0 Å². The summed E-state index contributed by atoms with van der Waals surface area (Å²) in [4.78, 5) is 0. The SMILES string of the molecule is CCCNCc1nnc(OCC2CCCO2)s1. The van der Waals surface area contributed by atoms with E-state index in [1.54, 1.807) is 0 Å². The minimum absolute atomic E-state index is 0.237. The van der Waals surface area contributed by atoms with Gasteiger partial charge in [0.05, 0.1) is 6.10 Å². The van der Waals surface area contributed by atoms with E-state index in [9.17, 15) is 0 Å². The molecule has 1 N–H and O–H groups in total. The number of aromatic nitrogens is 2. The van der Waals surface area contributed by atoms with Gasteiger partial charge in [0.1, 0.15) is 11.6 Å². The van der Waals surface area contributed by atoms with Gasteiger partial charge in [-0.3, -0.25) is 0 Å². The molecule has 1 aromatic rings. The summed E-state index contributed by atoms with van der Waals surface area (Å²) in [6.45, 7) is 5.37. The van der Waals surface area contributed by atoms with Gasteiger partial charge in [-0.1, -0.05) is 18.3 Å². The largest absolute Gasteiger partial charge is 0.466 e. The summed E-state index contributed by atoms with van der Waals surface area (Å²) < 4.78 is 11.0. The molecule has 0 amide bonds. The van der Waals surface area contributed by atoms with E-state index in [1.807, 2.05) is 0 Å². The Labute approximate surface area is 106 Å². The van der Waals surface area contributed by atoms with Crippen LogP contribution in [0.5, 0.6) is 5.19 Å². The summed E-state index contributed by atoms with van der Waals surface area (Å²) in [5.41, 5.74) is 0. The highest BCUT2D eigenvalue weighted by molar-refractivity contribution is 7.13. The number of nitrogens with one attached hydrogen (secondary N) is 1. The predicted molar refractivity (Wildman–Crippen MR) is 66.4 cm³/mol. The smallest absolute Gasteiger partial charge is 0.294 e. The molecule has 6 heteroatoms.